The van der Waals surface area contributed by atoms with Gasteiger partial charge in [0.05, 0.1) is 5.92 Å². The first kappa shape index (κ1) is 19.5. The van der Waals surface area contributed by atoms with Crippen molar-refractivity contribution < 1.29 is 22.8 Å². The van der Waals surface area contributed by atoms with Crippen LogP contribution in [0.4, 0.5) is 13.2 Å². The molecular weight excluding hydrogens is 347 g/mol. The number of nitrogens with zero attached hydrogens (tertiary/aromatic N) is 2. The standard InChI is InChI=1S/C18H28F3N3O2/c19-18(20,21)12-24-10-13(9-16(24)25)17(26)22-14-7-8-23(11-14)15-5-3-1-2-4-6-15/h13-15H,1-12H2,(H,22,26). The normalized spacial score (nSPS) is 29.2. The smallest absolute Gasteiger partial charge is 0.352 e. The molecule has 0 bridgehead atoms. The van der Waals surface area contributed by atoms with Crippen molar-refractivity contribution >= 4 is 11.8 Å². The highest BCUT2D eigenvalue weighted by atomic mass is 19.4. The van der Waals surface area contributed by atoms with Crippen molar-refractivity contribution in [2.24, 2.45) is 5.92 Å². The van der Waals surface area contributed by atoms with E-state index >= 15 is 0 Å². The summed E-state index contributed by atoms with van der Waals surface area (Å²) in [5, 5.41) is 2.97. The number of carbonyl (C=O) groups excluding carboxylic acids is 2. The zero-order valence-electron chi connectivity index (χ0n) is 15.1. The van der Waals surface area contributed by atoms with Gasteiger partial charge in [-0.3, -0.25) is 14.5 Å². The second-order valence-corrected chi connectivity index (χ2v) is 7.92. The summed E-state index contributed by atoms with van der Waals surface area (Å²) in [7, 11) is 0. The van der Waals surface area contributed by atoms with Gasteiger partial charge in [-0.25, -0.2) is 0 Å². The van der Waals surface area contributed by atoms with Crippen LogP contribution in [0.3, 0.4) is 0 Å². The first-order valence-electron chi connectivity index (χ1n) is 9.71. The van der Waals surface area contributed by atoms with E-state index in [1.54, 1.807) is 0 Å². The van der Waals surface area contributed by atoms with Crippen LogP contribution in [0.2, 0.25) is 0 Å². The van der Waals surface area contributed by atoms with Gasteiger partial charge in [-0.05, 0) is 19.3 Å². The lowest BCUT2D eigenvalue weighted by Gasteiger charge is -2.27. The van der Waals surface area contributed by atoms with E-state index < -0.39 is 24.5 Å². The third-order valence-corrected chi connectivity index (χ3v) is 5.86. The maximum Gasteiger partial charge on any atom is 0.406 e. The highest BCUT2D eigenvalue weighted by molar-refractivity contribution is 5.89. The van der Waals surface area contributed by atoms with E-state index in [1.165, 1.54) is 38.5 Å². The Morgan fingerprint density at radius 2 is 1.77 bits per heavy atom. The van der Waals surface area contributed by atoms with Crippen LogP contribution in [0.1, 0.15) is 51.4 Å². The Labute approximate surface area is 152 Å². The number of rotatable bonds is 4. The molecule has 2 atom stereocenters. The second kappa shape index (κ2) is 8.15. The summed E-state index contributed by atoms with van der Waals surface area (Å²) in [6.45, 7) is 0.362. The molecule has 1 N–H and O–H groups in total. The Kier molecular flexibility index (Phi) is 6.10. The van der Waals surface area contributed by atoms with Crippen LogP contribution < -0.4 is 5.32 Å². The topological polar surface area (TPSA) is 52.7 Å². The monoisotopic (exact) mass is 375 g/mol. The molecule has 2 aliphatic heterocycles. The number of hydrogen-bond acceptors (Lipinski definition) is 3. The molecule has 26 heavy (non-hydrogen) atoms. The predicted octanol–water partition coefficient (Wildman–Crippen LogP) is 2.31. The van der Waals surface area contributed by atoms with Gasteiger partial charge in [0.15, 0.2) is 0 Å². The molecule has 3 aliphatic rings. The van der Waals surface area contributed by atoms with E-state index in [2.05, 4.69) is 10.2 Å². The minimum atomic E-state index is -4.42. The molecule has 3 rings (SSSR count). The number of halogens is 3. The van der Waals surface area contributed by atoms with Crippen molar-refractivity contribution in [3.63, 3.8) is 0 Å². The molecule has 8 heteroatoms. The summed E-state index contributed by atoms with van der Waals surface area (Å²) in [5.74, 6) is -1.54. The number of nitrogens with one attached hydrogen (secondary N) is 1. The molecule has 5 nitrogen and oxygen atoms in total. The molecule has 2 heterocycles. The van der Waals surface area contributed by atoms with Crippen molar-refractivity contribution in [1.29, 1.82) is 0 Å². The molecule has 1 saturated carbocycles. The molecule has 2 saturated heterocycles. The molecule has 0 aromatic carbocycles. The van der Waals surface area contributed by atoms with E-state index in [0.29, 0.717) is 6.04 Å². The lowest BCUT2D eigenvalue weighted by molar-refractivity contribution is -0.157. The van der Waals surface area contributed by atoms with Gasteiger partial charge in [0.2, 0.25) is 11.8 Å². The van der Waals surface area contributed by atoms with Gasteiger partial charge in [-0.2, -0.15) is 13.2 Å². The molecule has 2 amide bonds. The lowest BCUT2D eigenvalue weighted by atomic mass is 10.1. The van der Waals surface area contributed by atoms with Crippen LogP contribution in [0.25, 0.3) is 0 Å². The van der Waals surface area contributed by atoms with Crippen molar-refractivity contribution in [2.75, 3.05) is 26.2 Å². The number of hydrogen-bond donors (Lipinski definition) is 1. The van der Waals surface area contributed by atoms with Crippen molar-refractivity contribution in [3.8, 4) is 0 Å². The average molecular weight is 375 g/mol. The van der Waals surface area contributed by atoms with Gasteiger partial charge in [0.25, 0.3) is 0 Å². The van der Waals surface area contributed by atoms with E-state index in [-0.39, 0.29) is 24.9 Å². The SMILES string of the molecule is O=C(NC1CCN(C2CCCCCC2)C1)C1CC(=O)N(CC(F)(F)F)C1. The molecule has 1 aliphatic carbocycles. The van der Waals surface area contributed by atoms with Crippen LogP contribution in [0.15, 0.2) is 0 Å². The van der Waals surface area contributed by atoms with Gasteiger partial charge >= 0.3 is 6.18 Å². The van der Waals surface area contributed by atoms with Gasteiger partial charge in [0, 0.05) is 38.1 Å². The third kappa shape index (κ3) is 5.11. The highest BCUT2D eigenvalue weighted by Crippen LogP contribution is 2.26. The number of alkyl halides is 3. The summed E-state index contributed by atoms with van der Waals surface area (Å²) in [4.78, 5) is 27.3. The van der Waals surface area contributed by atoms with Crippen molar-refractivity contribution in [1.82, 2.24) is 15.1 Å². The van der Waals surface area contributed by atoms with Crippen LogP contribution in [-0.4, -0.2) is 66.1 Å². The van der Waals surface area contributed by atoms with Gasteiger partial charge in [-0.15, -0.1) is 0 Å². The Morgan fingerprint density at radius 3 is 2.42 bits per heavy atom. The fourth-order valence-electron chi connectivity index (χ4n) is 4.50. The van der Waals surface area contributed by atoms with Crippen LogP contribution in [0.5, 0.6) is 0 Å². The summed E-state index contributed by atoms with van der Waals surface area (Å²) >= 11 is 0. The van der Waals surface area contributed by atoms with Crippen molar-refractivity contribution in [2.45, 2.75) is 69.6 Å². The summed E-state index contributed by atoms with van der Waals surface area (Å²) in [6, 6.07) is 0.632. The molecule has 0 aromatic heterocycles. The lowest BCUT2D eigenvalue weighted by Crippen LogP contribution is -2.43. The first-order valence-corrected chi connectivity index (χ1v) is 9.71. The zero-order chi connectivity index (χ0) is 18.7. The van der Waals surface area contributed by atoms with Crippen LogP contribution >= 0.6 is 0 Å². The van der Waals surface area contributed by atoms with Crippen LogP contribution in [0, 0.1) is 5.92 Å². The number of amides is 2. The summed E-state index contributed by atoms with van der Waals surface area (Å²) < 4.78 is 37.5. The van der Waals surface area contributed by atoms with Gasteiger partial charge in [0.1, 0.15) is 6.54 Å². The quantitative estimate of drug-likeness (QED) is 0.768. The van der Waals surface area contributed by atoms with Gasteiger partial charge in [-0.1, -0.05) is 25.7 Å². The van der Waals surface area contributed by atoms with E-state index in [9.17, 15) is 22.8 Å². The molecular formula is C18H28F3N3O2. The summed E-state index contributed by atoms with van der Waals surface area (Å²) in [5.41, 5.74) is 0. The molecule has 2 unspecified atom stereocenters. The molecule has 0 spiro atoms. The summed E-state index contributed by atoms with van der Waals surface area (Å²) in [6.07, 6.45) is 3.87. The fraction of sp³-hybridized carbons (Fsp3) is 0.889. The first-order chi connectivity index (χ1) is 12.3. The average Bonchev–Trinajstić information content (AvgIpc) is 3.04. The fourth-order valence-corrected chi connectivity index (χ4v) is 4.50. The Balaban J connectivity index is 1.46. The van der Waals surface area contributed by atoms with E-state index in [0.717, 1.165) is 24.4 Å². The largest absolute Gasteiger partial charge is 0.406 e. The van der Waals surface area contributed by atoms with Crippen LogP contribution in [-0.2, 0) is 9.59 Å². The molecule has 0 aromatic rings. The number of likely N-dealkylation sites (tertiary alicyclic amines) is 2. The van der Waals surface area contributed by atoms with E-state index in [4.69, 9.17) is 0 Å². The molecule has 148 valence electrons. The third-order valence-electron chi connectivity index (χ3n) is 5.86. The Hall–Kier alpha value is -1.31. The number of carbonyl (C=O) groups is 2. The predicted molar refractivity (Wildman–Crippen MR) is 90.4 cm³/mol. The minimum absolute atomic E-state index is 0.0394. The van der Waals surface area contributed by atoms with Gasteiger partial charge < -0.3 is 10.2 Å². The molecule has 3 fully saturated rings. The second-order valence-electron chi connectivity index (χ2n) is 7.92. The molecule has 0 radical (unpaired) electrons. The Morgan fingerprint density at radius 1 is 1.08 bits per heavy atom. The maximum atomic E-state index is 12.5. The highest BCUT2D eigenvalue weighted by Gasteiger charge is 2.41. The van der Waals surface area contributed by atoms with Crippen molar-refractivity contribution in [3.05, 3.63) is 0 Å². The maximum absolute atomic E-state index is 12.5. The minimum Gasteiger partial charge on any atom is -0.352 e. The Bertz CT molecular complexity index is 518. The zero-order valence-corrected chi connectivity index (χ0v) is 15.1. The van der Waals surface area contributed by atoms with E-state index in [1.807, 2.05) is 0 Å².